The first-order valence-electron chi connectivity index (χ1n) is 12.7. The summed E-state index contributed by atoms with van der Waals surface area (Å²) in [5.41, 5.74) is 3.65. The molecule has 0 aliphatic carbocycles. The molecule has 0 saturated carbocycles. The fraction of sp³-hybridized carbons (Fsp3) is 0.393. The predicted octanol–water partition coefficient (Wildman–Crippen LogP) is 3.52. The number of rotatable bonds is 7. The van der Waals surface area contributed by atoms with Gasteiger partial charge < -0.3 is 34.1 Å². The van der Waals surface area contributed by atoms with Gasteiger partial charge in [0.05, 0.1) is 52.5 Å². The van der Waals surface area contributed by atoms with Crippen LogP contribution in [0.1, 0.15) is 22.6 Å². The van der Waals surface area contributed by atoms with Gasteiger partial charge in [-0.05, 0) is 29.8 Å². The first kappa shape index (κ1) is 25.6. The monoisotopic (exact) mass is 519 g/mol. The minimum Gasteiger partial charge on any atom is -0.497 e. The van der Waals surface area contributed by atoms with E-state index in [1.165, 1.54) is 0 Å². The van der Waals surface area contributed by atoms with Crippen LogP contribution in [-0.2, 0) is 24.1 Å². The molecule has 5 rings (SSSR count). The van der Waals surface area contributed by atoms with Crippen molar-refractivity contribution >= 4 is 17.5 Å². The van der Waals surface area contributed by atoms with E-state index in [9.17, 15) is 4.79 Å². The molecule has 2 aliphatic rings. The summed E-state index contributed by atoms with van der Waals surface area (Å²) in [5.74, 6) is 3.65. The van der Waals surface area contributed by atoms with Crippen LogP contribution in [0.25, 0.3) is 0 Å². The van der Waals surface area contributed by atoms with Gasteiger partial charge in [-0.25, -0.2) is 14.8 Å². The van der Waals surface area contributed by atoms with Crippen LogP contribution in [0.3, 0.4) is 0 Å². The molecule has 2 amide bonds. The largest absolute Gasteiger partial charge is 0.497 e. The van der Waals surface area contributed by atoms with Crippen molar-refractivity contribution in [3.63, 3.8) is 0 Å². The number of nitrogens with one attached hydrogen (secondary N) is 1. The maximum Gasteiger partial charge on any atom is 0.322 e. The molecule has 3 aromatic rings. The van der Waals surface area contributed by atoms with Crippen LogP contribution < -0.4 is 24.4 Å². The quantitative estimate of drug-likeness (QED) is 0.507. The molecule has 10 heteroatoms. The van der Waals surface area contributed by atoms with Crippen molar-refractivity contribution in [1.82, 2.24) is 14.9 Å². The fourth-order valence-electron chi connectivity index (χ4n) is 4.80. The normalized spacial score (nSPS) is 15.0. The van der Waals surface area contributed by atoms with Crippen molar-refractivity contribution < 1.29 is 23.7 Å². The number of carbonyl (C=O) groups excluding carboxylic acids is 1. The van der Waals surface area contributed by atoms with Crippen LogP contribution >= 0.6 is 0 Å². The van der Waals surface area contributed by atoms with E-state index >= 15 is 0 Å². The van der Waals surface area contributed by atoms with Crippen LogP contribution in [0, 0.1) is 0 Å². The Bertz CT molecular complexity index is 1290. The van der Waals surface area contributed by atoms with Gasteiger partial charge >= 0.3 is 6.03 Å². The molecular formula is C28H33N5O5. The van der Waals surface area contributed by atoms with E-state index in [4.69, 9.17) is 28.9 Å². The highest BCUT2D eigenvalue weighted by Gasteiger charge is 2.29. The lowest BCUT2D eigenvalue weighted by Gasteiger charge is -2.34. The summed E-state index contributed by atoms with van der Waals surface area (Å²) < 4.78 is 21.7. The van der Waals surface area contributed by atoms with Crippen molar-refractivity contribution in [3.8, 4) is 17.2 Å². The molecule has 3 heterocycles. The second-order valence-electron chi connectivity index (χ2n) is 9.18. The van der Waals surface area contributed by atoms with Gasteiger partial charge in [-0.3, -0.25) is 0 Å². The van der Waals surface area contributed by atoms with Gasteiger partial charge in [0.1, 0.15) is 28.9 Å². The van der Waals surface area contributed by atoms with Gasteiger partial charge in [0.2, 0.25) is 0 Å². The average Bonchev–Trinajstić information content (AvgIpc) is 2.97. The number of anilines is 2. The van der Waals surface area contributed by atoms with Gasteiger partial charge in [-0.2, -0.15) is 0 Å². The van der Waals surface area contributed by atoms with E-state index in [1.807, 2.05) is 18.2 Å². The number of ether oxygens (including phenoxy) is 4. The van der Waals surface area contributed by atoms with Crippen LogP contribution in [0.2, 0.25) is 0 Å². The molecular weight excluding hydrogens is 486 g/mol. The summed E-state index contributed by atoms with van der Waals surface area (Å²) in [6, 6.07) is 13.1. The number of carbonyl (C=O) groups is 1. The Morgan fingerprint density at radius 2 is 1.76 bits per heavy atom. The van der Waals surface area contributed by atoms with E-state index in [-0.39, 0.29) is 6.03 Å². The molecule has 0 unspecified atom stereocenters. The zero-order valence-electron chi connectivity index (χ0n) is 22.0. The number of methoxy groups -OCH3 is 3. The second-order valence-corrected chi connectivity index (χ2v) is 9.18. The van der Waals surface area contributed by atoms with E-state index in [0.29, 0.717) is 56.3 Å². The Labute approximate surface area is 222 Å². The molecule has 0 radical (unpaired) electrons. The first-order chi connectivity index (χ1) is 18.6. The van der Waals surface area contributed by atoms with Crippen LogP contribution in [0.15, 0.2) is 42.5 Å². The highest BCUT2D eigenvalue weighted by molar-refractivity contribution is 5.91. The SMILES string of the molecule is COc1cccc(Cc2nc3c(c(N4CCOCC4)n2)CN(C(=O)Nc2ccc(OC)cc2OC)CC3)c1. The molecule has 1 N–H and O–H groups in total. The highest BCUT2D eigenvalue weighted by atomic mass is 16.5. The standard InChI is InChI=1S/C28H33N5O5/c1-35-20-6-4-5-19(15-20)16-26-29-23-9-10-33(18-22(23)27(31-26)32-11-13-38-14-12-32)28(34)30-24-8-7-21(36-2)17-25(24)37-3/h4-8,15,17H,9-14,16,18H2,1-3H3,(H,30,34). The second kappa shape index (κ2) is 11.6. The molecule has 200 valence electrons. The van der Waals surface area contributed by atoms with E-state index in [1.54, 1.807) is 44.4 Å². The summed E-state index contributed by atoms with van der Waals surface area (Å²) in [6.45, 7) is 3.76. The summed E-state index contributed by atoms with van der Waals surface area (Å²) in [5, 5.41) is 2.99. The molecule has 1 fully saturated rings. The molecule has 2 aromatic carbocycles. The third kappa shape index (κ3) is 5.60. The van der Waals surface area contributed by atoms with Gasteiger partial charge in [0, 0.05) is 44.1 Å². The van der Waals surface area contributed by atoms with Gasteiger partial charge in [0.25, 0.3) is 0 Å². The minimum atomic E-state index is -0.201. The third-order valence-electron chi connectivity index (χ3n) is 6.83. The molecule has 1 aromatic heterocycles. The van der Waals surface area contributed by atoms with E-state index in [2.05, 4.69) is 16.3 Å². The number of urea groups is 1. The number of morpholine rings is 1. The molecule has 2 aliphatic heterocycles. The zero-order chi connectivity index (χ0) is 26.5. The van der Waals surface area contributed by atoms with Gasteiger partial charge in [-0.15, -0.1) is 0 Å². The Balaban J connectivity index is 1.40. The Morgan fingerprint density at radius 3 is 2.53 bits per heavy atom. The maximum atomic E-state index is 13.3. The smallest absolute Gasteiger partial charge is 0.322 e. The highest BCUT2D eigenvalue weighted by Crippen LogP contribution is 2.31. The molecule has 10 nitrogen and oxygen atoms in total. The van der Waals surface area contributed by atoms with E-state index in [0.717, 1.165) is 47.3 Å². The summed E-state index contributed by atoms with van der Waals surface area (Å²) >= 11 is 0. The Kier molecular flexibility index (Phi) is 7.78. The Hall–Kier alpha value is -4.05. The lowest BCUT2D eigenvalue weighted by molar-refractivity contribution is 0.122. The van der Waals surface area contributed by atoms with Crippen molar-refractivity contribution in [2.75, 3.05) is 64.4 Å². The number of hydrogen-bond acceptors (Lipinski definition) is 8. The lowest BCUT2D eigenvalue weighted by Crippen LogP contribution is -2.42. The van der Waals surface area contributed by atoms with Crippen LogP contribution in [0.4, 0.5) is 16.3 Å². The lowest BCUT2D eigenvalue weighted by atomic mass is 10.0. The van der Waals surface area contributed by atoms with Crippen LogP contribution in [0.5, 0.6) is 17.2 Å². The molecule has 0 spiro atoms. The number of fused-ring (bicyclic) bond motifs is 1. The first-order valence-corrected chi connectivity index (χ1v) is 12.7. The third-order valence-corrected chi connectivity index (χ3v) is 6.83. The predicted molar refractivity (Wildman–Crippen MR) is 144 cm³/mol. The van der Waals surface area contributed by atoms with Gasteiger partial charge in [0.15, 0.2) is 0 Å². The van der Waals surface area contributed by atoms with Gasteiger partial charge in [-0.1, -0.05) is 12.1 Å². The number of aromatic nitrogens is 2. The Morgan fingerprint density at radius 1 is 0.974 bits per heavy atom. The number of nitrogens with zero attached hydrogens (tertiary/aromatic N) is 4. The summed E-state index contributed by atoms with van der Waals surface area (Å²) in [6.07, 6.45) is 1.25. The van der Waals surface area contributed by atoms with Crippen molar-refractivity contribution in [1.29, 1.82) is 0 Å². The zero-order valence-corrected chi connectivity index (χ0v) is 22.0. The summed E-state index contributed by atoms with van der Waals surface area (Å²) in [7, 11) is 4.82. The number of hydrogen-bond donors (Lipinski definition) is 1. The van der Waals surface area contributed by atoms with Crippen molar-refractivity contribution in [3.05, 3.63) is 65.1 Å². The average molecular weight is 520 g/mol. The topological polar surface area (TPSA) is 98.3 Å². The van der Waals surface area contributed by atoms with Crippen molar-refractivity contribution in [2.45, 2.75) is 19.4 Å². The molecule has 0 atom stereocenters. The minimum absolute atomic E-state index is 0.201. The molecule has 1 saturated heterocycles. The molecule has 38 heavy (non-hydrogen) atoms. The maximum absolute atomic E-state index is 13.3. The summed E-state index contributed by atoms with van der Waals surface area (Å²) in [4.78, 5) is 27.3. The van der Waals surface area contributed by atoms with Crippen molar-refractivity contribution in [2.24, 2.45) is 0 Å². The van der Waals surface area contributed by atoms with Crippen LogP contribution in [-0.4, -0.2) is 75.1 Å². The fourth-order valence-corrected chi connectivity index (χ4v) is 4.80. The number of benzene rings is 2. The molecule has 0 bridgehead atoms. The van der Waals surface area contributed by atoms with E-state index < -0.39 is 0 Å². The number of amides is 2.